The highest BCUT2D eigenvalue weighted by Crippen LogP contribution is 2.54. The Labute approximate surface area is 295 Å². The molecule has 52 heavy (non-hydrogen) atoms. The minimum Gasteiger partial charge on any atom is -0.507 e. The minimum atomic E-state index is -5.13. The summed E-state index contributed by atoms with van der Waals surface area (Å²) in [4.78, 5) is 55.8. The topological polar surface area (TPSA) is 178 Å². The monoisotopic (exact) mass is 716 g/mol. The Morgan fingerprint density at radius 3 is 1.87 bits per heavy atom. The molecule has 0 fully saturated rings. The first kappa shape index (κ1) is 31.2. The van der Waals surface area contributed by atoms with Crippen molar-refractivity contribution in [3.8, 4) is 11.5 Å². The number of ketones is 4. The van der Waals surface area contributed by atoms with Crippen molar-refractivity contribution < 1.29 is 50.3 Å². The number of furan rings is 2. The van der Waals surface area contributed by atoms with E-state index in [1.807, 2.05) is 13.8 Å². The van der Waals surface area contributed by atoms with Crippen molar-refractivity contribution in [2.24, 2.45) is 0 Å². The molecule has 2 N–H and O–H groups in total. The molecule has 11 nitrogen and oxygen atoms in total. The molecule has 10 rings (SSSR count). The van der Waals surface area contributed by atoms with Gasteiger partial charge < -0.3 is 18.1 Å². The number of aromatic hydroxyl groups is 1. The van der Waals surface area contributed by atoms with Crippen LogP contribution >= 0.6 is 0 Å². The Bertz CT molecular complexity index is 2760. The van der Waals surface area contributed by atoms with Gasteiger partial charge in [-0.25, -0.2) is 0 Å². The average molecular weight is 717 g/mol. The summed E-state index contributed by atoms with van der Waals surface area (Å²) >= 11 is 0. The van der Waals surface area contributed by atoms with Gasteiger partial charge in [-0.1, -0.05) is 13.8 Å². The van der Waals surface area contributed by atoms with Crippen LogP contribution in [0.4, 0.5) is 0 Å². The molecule has 0 saturated heterocycles. The average Bonchev–Trinajstić information content (AvgIpc) is 3.75. The highest BCUT2D eigenvalue weighted by molar-refractivity contribution is 7.81. The Hall–Kier alpha value is -5.59. The van der Waals surface area contributed by atoms with Crippen molar-refractivity contribution in [3.05, 3.63) is 122 Å². The van der Waals surface area contributed by atoms with Crippen LogP contribution in [0.15, 0.2) is 57.8 Å². The number of benzene rings is 3. The van der Waals surface area contributed by atoms with Crippen LogP contribution in [-0.2, 0) is 34.1 Å². The van der Waals surface area contributed by atoms with Gasteiger partial charge in [-0.3, -0.25) is 23.7 Å². The van der Waals surface area contributed by atoms with Gasteiger partial charge in [0.25, 0.3) is 0 Å². The fraction of sp³-hybridized carbons (Fsp3) is 0.250. The van der Waals surface area contributed by atoms with Crippen LogP contribution in [0, 0.1) is 0 Å². The zero-order chi connectivity index (χ0) is 36.2. The van der Waals surface area contributed by atoms with Gasteiger partial charge in [-0.05, 0) is 97.2 Å². The first-order valence-corrected chi connectivity index (χ1v) is 18.4. The van der Waals surface area contributed by atoms with Gasteiger partial charge in [0, 0.05) is 66.1 Å². The molecule has 0 radical (unpaired) electrons. The molecule has 260 valence electrons. The number of rotatable bonds is 3. The maximum absolute atomic E-state index is 14.3. The highest BCUT2D eigenvalue weighted by Gasteiger charge is 2.48. The number of hydrogen-bond acceptors (Lipinski definition) is 10. The largest absolute Gasteiger partial charge is 0.507 e. The number of phenols is 1. The molecule has 2 unspecified atom stereocenters. The summed E-state index contributed by atoms with van der Waals surface area (Å²) in [6.07, 6.45) is 8.76. The van der Waals surface area contributed by atoms with Crippen molar-refractivity contribution >= 4 is 49.9 Å². The van der Waals surface area contributed by atoms with Gasteiger partial charge in [0.05, 0.1) is 12.5 Å². The second-order valence-corrected chi connectivity index (χ2v) is 15.9. The van der Waals surface area contributed by atoms with Crippen molar-refractivity contribution in [1.29, 1.82) is 0 Å². The van der Waals surface area contributed by atoms with Crippen LogP contribution in [0.3, 0.4) is 0 Å². The normalized spacial score (nSPS) is 22.7. The fourth-order valence-corrected chi connectivity index (χ4v) is 10.1. The molecule has 2 aromatic heterocycles. The SMILES string of the molecule is CC12CCCc3coc(c31)C(=O)c1cc3c(cc12)C(=O)C=C(c1cc(OS(=O)(=O)O)c2cc4c(cc2c1O)C(=O)c1occ2c1C4(C)CCC2)C3=O. The summed E-state index contributed by atoms with van der Waals surface area (Å²) in [5, 5.41) is 11.8. The summed E-state index contributed by atoms with van der Waals surface area (Å²) in [6.45, 7) is 3.97. The standard InChI is InChI=1S/C40H28O11S/c1-39-7-3-5-17-15-49-37(31(17)39)35(44)25-9-21-19(11-27(25)39)29(41)13-23(33(21)42)24-14-30(51-52(46,47)48)20-12-28-26(10-22(20)34(24)43)36(45)38-32-18(16-50-38)6-4-8-40(28,32)2/h9-16,43H,3-8H2,1-2H3,(H,46,47,48). The Morgan fingerprint density at radius 1 is 0.692 bits per heavy atom. The van der Waals surface area contributed by atoms with Gasteiger partial charge >= 0.3 is 10.4 Å². The van der Waals surface area contributed by atoms with E-state index in [0.717, 1.165) is 60.1 Å². The molecule has 5 aliphatic rings. The number of aryl methyl sites for hydroxylation is 2. The number of phenolic OH excluding ortho intramolecular Hbond substituents is 1. The van der Waals surface area contributed by atoms with E-state index in [1.54, 1.807) is 24.7 Å². The fourth-order valence-electron chi connectivity index (χ4n) is 9.71. The van der Waals surface area contributed by atoms with Crippen LogP contribution in [0.1, 0.15) is 131 Å². The second-order valence-electron chi connectivity index (χ2n) is 14.9. The highest BCUT2D eigenvalue weighted by atomic mass is 32.3. The summed E-state index contributed by atoms with van der Waals surface area (Å²) < 4.78 is 50.7. The molecule has 0 saturated carbocycles. The third-order valence-corrected chi connectivity index (χ3v) is 12.4. The minimum absolute atomic E-state index is 0.0512. The Kier molecular flexibility index (Phi) is 5.90. The van der Waals surface area contributed by atoms with E-state index >= 15 is 0 Å². The first-order valence-electron chi connectivity index (χ1n) is 17.0. The van der Waals surface area contributed by atoms with Gasteiger partial charge in [-0.2, -0.15) is 8.42 Å². The number of fused-ring (bicyclic) bond motifs is 6. The molecular formula is C40H28O11S. The van der Waals surface area contributed by atoms with E-state index in [2.05, 4.69) is 0 Å². The first-order chi connectivity index (χ1) is 24.7. The Morgan fingerprint density at radius 2 is 1.27 bits per heavy atom. The molecule has 12 heteroatoms. The summed E-state index contributed by atoms with van der Waals surface area (Å²) in [5.41, 5.74) is 3.24. The number of carbonyl (C=O) groups excluding carboxylic acids is 4. The zero-order valence-corrected chi connectivity index (χ0v) is 28.7. The predicted molar refractivity (Wildman–Crippen MR) is 184 cm³/mol. The molecule has 0 amide bonds. The van der Waals surface area contributed by atoms with Gasteiger partial charge in [0.2, 0.25) is 11.6 Å². The molecule has 5 aliphatic carbocycles. The molecule has 0 spiro atoms. The summed E-state index contributed by atoms with van der Waals surface area (Å²) in [6, 6.07) is 7.03. The molecule has 0 bridgehead atoms. The molecule has 5 aromatic rings. The molecule has 2 heterocycles. The maximum atomic E-state index is 14.3. The van der Waals surface area contributed by atoms with Gasteiger partial charge in [0.15, 0.2) is 28.8 Å². The van der Waals surface area contributed by atoms with Crippen LogP contribution in [-0.4, -0.2) is 41.2 Å². The summed E-state index contributed by atoms with van der Waals surface area (Å²) in [5.74, 6) is -2.66. The van der Waals surface area contributed by atoms with E-state index in [-0.39, 0.29) is 55.7 Å². The molecular weight excluding hydrogens is 688 g/mol. The van der Waals surface area contributed by atoms with Crippen LogP contribution in [0.5, 0.6) is 11.5 Å². The maximum Gasteiger partial charge on any atom is 0.446 e. The van der Waals surface area contributed by atoms with Crippen molar-refractivity contribution in [2.45, 2.75) is 63.2 Å². The van der Waals surface area contributed by atoms with Gasteiger partial charge in [-0.15, -0.1) is 0 Å². The number of hydrogen-bond donors (Lipinski definition) is 2. The number of carbonyl (C=O) groups is 4. The summed E-state index contributed by atoms with van der Waals surface area (Å²) in [7, 11) is -5.13. The van der Waals surface area contributed by atoms with E-state index < -0.39 is 55.9 Å². The quantitative estimate of drug-likeness (QED) is 0.189. The van der Waals surface area contributed by atoms with Crippen molar-refractivity contribution in [3.63, 3.8) is 0 Å². The van der Waals surface area contributed by atoms with E-state index in [1.165, 1.54) is 12.1 Å². The number of Topliss-reactive ketones (excluding diaryl/α,β-unsaturated/α-hetero) is 1. The lowest BCUT2D eigenvalue weighted by Gasteiger charge is -2.39. The predicted octanol–water partition coefficient (Wildman–Crippen LogP) is 6.75. The molecule has 2 atom stereocenters. The second kappa shape index (κ2) is 9.84. The van der Waals surface area contributed by atoms with Crippen LogP contribution in [0.2, 0.25) is 0 Å². The third-order valence-electron chi connectivity index (χ3n) is 12.1. The van der Waals surface area contributed by atoms with Crippen molar-refractivity contribution in [2.75, 3.05) is 0 Å². The zero-order valence-electron chi connectivity index (χ0n) is 27.8. The van der Waals surface area contributed by atoms with Crippen molar-refractivity contribution in [1.82, 2.24) is 0 Å². The van der Waals surface area contributed by atoms with E-state index in [0.29, 0.717) is 24.0 Å². The lowest BCUT2D eigenvalue weighted by molar-refractivity contribution is 0.0987. The van der Waals surface area contributed by atoms with Crippen LogP contribution in [0.25, 0.3) is 16.3 Å². The third kappa shape index (κ3) is 3.85. The smallest absolute Gasteiger partial charge is 0.446 e. The Balaban J connectivity index is 1.16. The lowest BCUT2D eigenvalue weighted by Crippen LogP contribution is -2.36. The van der Waals surface area contributed by atoms with E-state index in [4.69, 9.17) is 13.0 Å². The van der Waals surface area contributed by atoms with Crippen LogP contribution < -0.4 is 4.18 Å². The van der Waals surface area contributed by atoms with Gasteiger partial charge in [0.1, 0.15) is 5.75 Å². The molecule has 0 aliphatic heterocycles. The number of allylic oxidation sites excluding steroid dienone is 2. The molecule has 3 aromatic carbocycles. The lowest BCUT2D eigenvalue weighted by atomic mass is 9.62. The van der Waals surface area contributed by atoms with E-state index in [9.17, 15) is 37.3 Å².